The maximum Gasteiger partial charge on any atom is 0.303 e. The number of carbonyl (C=O) groups excluding carboxylic acids is 4. The zero-order chi connectivity index (χ0) is 37.5. The number of imide groups is 2. The van der Waals surface area contributed by atoms with Gasteiger partial charge in [0.05, 0.1) is 28.0 Å². The third-order valence-corrected chi connectivity index (χ3v) is 13.6. The first-order valence-corrected chi connectivity index (χ1v) is 19.2. The third kappa shape index (κ3) is 5.43. The van der Waals surface area contributed by atoms with Crippen LogP contribution in [0.5, 0.6) is 5.75 Å². The summed E-state index contributed by atoms with van der Waals surface area (Å²) in [6, 6.07) is 14.2. The van der Waals surface area contributed by atoms with Crippen molar-refractivity contribution < 1.29 is 34.2 Å². The van der Waals surface area contributed by atoms with E-state index in [2.05, 4.69) is 0 Å². The molecule has 0 bridgehead atoms. The van der Waals surface area contributed by atoms with E-state index in [0.29, 0.717) is 47.8 Å². The number of hydrogen-bond acceptors (Lipinski definition) is 8. The second kappa shape index (κ2) is 12.9. The molecule has 2 N–H and O–H groups in total. The van der Waals surface area contributed by atoms with Crippen molar-refractivity contribution in [2.24, 2.45) is 36.1 Å². The molecule has 11 nitrogen and oxygen atoms in total. The molecule has 8 rings (SSSR count). The molecule has 3 fully saturated rings. The number of halogens is 1. The summed E-state index contributed by atoms with van der Waals surface area (Å²) in [6.45, 7) is 4.03. The molecule has 1 saturated carbocycles. The van der Waals surface area contributed by atoms with Crippen molar-refractivity contribution in [3.63, 3.8) is 0 Å². The van der Waals surface area contributed by atoms with Gasteiger partial charge in [-0.15, -0.1) is 11.3 Å². The summed E-state index contributed by atoms with van der Waals surface area (Å²) in [5, 5.41) is 26.0. The molecule has 0 unspecified atom stereocenters. The van der Waals surface area contributed by atoms with E-state index >= 15 is 0 Å². The number of hydrogen-bond donors (Lipinski definition) is 2. The maximum absolute atomic E-state index is 15.0. The predicted molar refractivity (Wildman–Crippen MR) is 199 cm³/mol. The largest absolute Gasteiger partial charge is 0.508 e. The lowest BCUT2D eigenvalue weighted by Gasteiger charge is -2.49. The summed E-state index contributed by atoms with van der Waals surface area (Å²) in [5.74, 6) is -5.01. The number of carboxylic acids is 1. The summed E-state index contributed by atoms with van der Waals surface area (Å²) in [7, 11) is 1.71. The van der Waals surface area contributed by atoms with Crippen molar-refractivity contribution in [3.05, 3.63) is 76.3 Å². The van der Waals surface area contributed by atoms with Crippen LogP contribution in [0.3, 0.4) is 0 Å². The topological polar surface area (TPSA) is 150 Å². The summed E-state index contributed by atoms with van der Waals surface area (Å²) >= 11 is 7.86. The lowest BCUT2D eigenvalue weighted by atomic mass is 9.51. The molecule has 53 heavy (non-hydrogen) atoms. The van der Waals surface area contributed by atoms with Gasteiger partial charge in [-0.2, -0.15) is 5.10 Å². The van der Waals surface area contributed by atoms with Gasteiger partial charge in [0.15, 0.2) is 0 Å². The second-order valence-electron chi connectivity index (χ2n) is 15.0. The van der Waals surface area contributed by atoms with Crippen molar-refractivity contribution >= 4 is 68.4 Å². The van der Waals surface area contributed by atoms with Crippen LogP contribution in [-0.4, -0.2) is 61.0 Å². The van der Waals surface area contributed by atoms with Crippen LogP contribution in [0.1, 0.15) is 62.5 Å². The van der Waals surface area contributed by atoms with Crippen LogP contribution in [-0.2, 0) is 31.0 Å². The van der Waals surface area contributed by atoms with Gasteiger partial charge in [-0.25, -0.2) is 4.90 Å². The highest BCUT2D eigenvalue weighted by Crippen LogP contribution is 2.63. The van der Waals surface area contributed by atoms with Gasteiger partial charge >= 0.3 is 5.97 Å². The molecule has 4 aromatic rings. The van der Waals surface area contributed by atoms with E-state index in [4.69, 9.17) is 21.8 Å². The number of allylic oxidation sites excluding steroid dienone is 2. The van der Waals surface area contributed by atoms with Crippen molar-refractivity contribution in [1.29, 1.82) is 0 Å². The maximum atomic E-state index is 15.0. The van der Waals surface area contributed by atoms with Crippen LogP contribution in [0.2, 0.25) is 5.02 Å². The molecule has 2 saturated heterocycles. The first-order chi connectivity index (χ1) is 25.3. The normalized spacial score (nSPS) is 26.6. The Morgan fingerprint density at radius 2 is 1.81 bits per heavy atom. The number of carboxylic acid groups (broad SMARTS) is 1. The van der Waals surface area contributed by atoms with Gasteiger partial charge in [0.1, 0.15) is 17.3 Å². The number of phenols is 1. The van der Waals surface area contributed by atoms with E-state index in [1.807, 2.05) is 44.2 Å². The summed E-state index contributed by atoms with van der Waals surface area (Å²) in [4.78, 5) is 72.0. The Morgan fingerprint density at radius 1 is 1.02 bits per heavy atom. The van der Waals surface area contributed by atoms with E-state index in [0.717, 1.165) is 26.1 Å². The molecule has 2 aliphatic carbocycles. The summed E-state index contributed by atoms with van der Waals surface area (Å²) in [6.07, 6.45) is 4.10. The number of phenolic OH excluding ortho intramolecular Hbond substituents is 1. The highest BCUT2D eigenvalue weighted by molar-refractivity contribution is 7.22. The number of carbonyl (C=O) groups is 5. The van der Waals surface area contributed by atoms with E-state index in [-0.39, 0.29) is 48.8 Å². The second-order valence-corrected chi connectivity index (χ2v) is 16.5. The quantitative estimate of drug-likeness (QED) is 0.107. The van der Waals surface area contributed by atoms with E-state index < -0.39 is 41.0 Å². The van der Waals surface area contributed by atoms with Gasteiger partial charge in [0, 0.05) is 41.7 Å². The van der Waals surface area contributed by atoms with Gasteiger partial charge in [-0.1, -0.05) is 41.8 Å². The minimum atomic E-state index is -1.26. The predicted octanol–water partition coefficient (Wildman–Crippen LogP) is 6.84. The molecule has 274 valence electrons. The van der Waals surface area contributed by atoms with Crippen molar-refractivity contribution in [2.75, 3.05) is 11.4 Å². The smallest absolute Gasteiger partial charge is 0.303 e. The van der Waals surface area contributed by atoms with E-state index in [1.54, 1.807) is 47.3 Å². The molecule has 2 aliphatic heterocycles. The van der Waals surface area contributed by atoms with Crippen molar-refractivity contribution in [3.8, 4) is 16.3 Å². The Balaban J connectivity index is 1.16. The number of anilines is 1. The fourth-order valence-electron chi connectivity index (χ4n) is 9.54. The molecule has 6 atom stereocenters. The van der Waals surface area contributed by atoms with Crippen molar-refractivity contribution in [2.45, 2.75) is 58.3 Å². The number of benzene rings is 2. The molecule has 4 amide bonds. The first kappa shape index (κ1) is 35.2. The number of likely N-dealkylation sites (tertiary alicyclic amines) is 1. The Hall–Kier alpha value is -4.81. The van der Waals surface area contributed by atoms with Gasteiger partial charge in [-0.05, 0) is 92.3 Å². The highest BCUT2D eigenvalue weighted by atomic mass is 35.5. The number of unbranched alkanes of at least 4 members (excludes halogenated alkanes) is 2. The number of aryl methyl sites for hydroxylation is 2. The van der Waals surface area contributed by atoms with Crippen LogP contribution in [0.4, 0.5) is 5.82 Å². The van der Waals surface area contributed by atoms with Crippen LogP contribution in [0, 0.1) is 36.0 Å². The number of thiophene rings is 1. The zero-order valence-corrected chi connectivity index (χ0v) is 31.1. The Kier molecular flexibility index (Phi) is 8.61. The number of nitrogens with zero attached hydrogens (tertiary/aromatic N) is 4. The Morgan fingerprint density at radius 3 is 2.57 bits per heavy atom. The number of aliphatic carboxylic acids is 1. The molecule has 2 aromatic carbocycles. The van der Waals surface area contributed by atoms with Gasteiger partial charge < -0.3 is 10.2 Å². The number of amides is 4. The van der Waals surface area contributed by atoms with Crippen LogP contribution in [0.25, 0.3) is 20.7 Å². The fourth-order valence-corrected chi connectivity index (χ4v) is 10.9. The standard InChI is InChI=1S/C40H39ClN4O7S/c1-20-26-17-22(41)11-14-30(26)53-35(20)29-19-31(43(3)42-29)45-37(50)28-18-27-24(34(40(28,2)39(45)52)21-8-7-9-23(46)16-21)12-13-25-33(27)38(51)44(36(25)49)15-6-4-5-10-32(47)48/h7-9,11-12,14,16-17,19,25,27-28,33-34,46H,4-6,10,13,15,18H2,1-3H3,(H,47,48)/t25-,27+,28-,33-,34-,40+/m0/s1. The molecule has 0 radical (unpaired) electrons. The fraction of sp³-hybridized carbons (Fsp3) is 0.400. The molecular weight excluding hydrogens is 716 g/mol. The average molecular weight is 755 g/mol. The zero-order valence-electron chi connectivity index (χ0n) is 29.5. The highest BCUT2D eigenvalue weighted by Gasteiger charge is 2.68. The molecule has 4 aliphatic rings. The third-order valence-electron chi connectivity index (χ3n) is 12.1. The van der Waals surface area contributed by atoms with Gasteiger partial charge in [0.2, 0.25) is 23.6 Å². The Bertz CT molecular complexity index is 2280. The molecule has 0 spiro atoms. The lowest BCUT2D eigenvalue weighted by Crippen LogP contribution is -2.48. The number of aromatic hydroxyl groups is 1. The minimum Gasteiger partial charge on any atom is -0.508 e. The molecular formula is C40H39ClN4O7S. The minimum absolute atomic E-state index is 0.0187. The monoisotopic (exact) mass is 754 g/mol. The number of aromatic nitrogens is 2. The average Bonchev–Trinajstić information content (AvgIpc) is 3.78. The van der Waals surface area contributed by atoms with Crippen molar-refractivity contribution in [1.82, 2.24) is 14.7 Å². The number of rotatable bonds is 9. The lowest BCUT2D eigenvalue weighted by molar-refractivity contribution is -0.141. The molecule has 2 aromatic heterocycles. The molecule has 4 heterocycles. The summed E-state index contributed by atoms with van der Waals surface area (Å²) < 4.78 is 2.60. The van der Waals surface area contributed by atoms with E-state index in [1.165, 1.54) is 9.80 Å². The number of fused-ring (bicyclic) bond motifs is 5. The Labute approximate surface area is 314 Å². The van der Waals surface area contributed by atoms with Crippen LogP contribution < -0.4 is 4.90 Å². The van der Waals surface area contributed by atoms with Crippen LogP contribution >= 0.6 is 22.9 Å². The molecule has 13 heteroatoms. The first-order valence-electron chi connectivity index (χ1n) is 18.0. The SMILES string of the molecule is Cc1c(-c2cc(N3C(=O)[C@@H]4C[C@@H]5C(=CC[C@@H]6C(=O)N(CCCCCC(=O)O)C(=O)[C@@H]65)[C@H](c5cccc(O)c5)[C@]4(C)C3=O)n(C)n2)sc2ccc(Cl)cc12. The van der Waals surface area contributed by atoms with E-state index in [9.17, 15) is 29.1 Å². The summed E-state index contributed by atoms with van der Waals surface area (Å²) in [5.41, 5.74) is 1.86. The van der Waals surface area contributed by atoms with Gasteiger partial charge in [-0.3, -0.25) is 33.6 Å². The van der Waals surface area contributed by atoms with Crippen LogP contribution in [0.15, 0.2) is 60.2 Å². The van der Waals surface area contributed by atoms with Gasteiger partial charge in [0.25, 0.3) is 0 Å².